The molecule has 0 spiro atoms. The summed E-state index contributed by atoms with van der Waals surface area (Å²) < 4.78 is 10.3. The van der Waals surface area contributed by atoms with Crippen LogP contribution >= 0.6 is 12.4 Å². The number of hydrogen-bond donors (Lipinski definition) is 1. The Balaban J connectivity index is 0.00000220. The van der Waals surface area contributed by atoms with E-state index in [4.69, 9.17) is 9.47 Å². The van der Waals surface area contributed by atoms with E-state index in [0.29, 0.717) is 30.7 Å². The number of methoxy groups -OCH3 is 1. The van der Waals surface area contributed by atoms with E-state index in [0.717, 1.165) is 19.6 Å². The highest BCUT2D eigenvalue weighted by Crippen LogP contribution is 2.13. The van der Waals surface area contributed by atoms with Crippen molar-refractivity contribution in [2.75, 3.05) is 40.0 Å². The number of hydrogen-bond acceptors (Lipinski definition) is 5. The number of rotatable bonds is 5. The highest BCUT2D eigenvalue weighted by molar-refractivity contribution is 5.94. The van der Waals surface area contributed by atoms with Gasteiger partial charge in [-0.15, -0.1) is 12.4 Å². The van der Waals surface area contributed by atoms with Crippen molar-refractivity contribution in [3.8, 4) is 5.88 Å². The van der Waals surface area contributed by atoms with Gasteiger partial charge >= 0.3 is 0 Å². The molecule has 0 aromatic carbocycles. The molecule has 2 rings (SSSR count). The molecule has 1 aromatic heterocycles. The van der Waals surface area contributed by atoms with Gasteiger partial charge in [0.15, 0.2) is 0 Å². The van der Waals surface area contributed by atoms with Crippen molar-refractivity contribution in [1.82, 2.24) is 15.2 Å². The molecule has 7 heteroatoms. The fourth-order valence-electron chi connectivity index (χ4n) is 2.15. The number of ether oxygens (including phenoxy) is 2. The lowest BCUT2D eigenvalue weighted by atomic mass is 10.2. The van der Waals surface area contributed by atoms with E-state index in [-0.39, 0.29) is 18.3 Å². The number of carbonyl (C=O) groups excluding carboxylic acids is 1. The second-order valence-electron chi connectivity index (χ2n) is 4.83. The zero-order valence-corrected chi connectivity index (χ0v) is 13.2. The van der Waals surface area contributed by atoms with Crippen molar-refractivity contribution in [2.45, 2.75) is 13.0 Å². The third kappa shape index (κ3) is 5.15. The maximum absolute atomic E-state index is 12.4. The fraction of sp³-hybridized carbons (Fsp3) is 0.571. The normalized spacial score (nSPS) is 18.0. The summed E-state index contributed by atoms with van der Waals surface area (Å²) in [6.07, 6.45) is 1.60. The van der Waals surface area contributed by atoms with Gasteiger partial charge in [-0.2, -0.15) is 0 Å². The van der Waals surface area contributed by atoms with Gasteiger partial charge in [0.1, 0.15) is 6.61 Å². The minimum atomic E-state index is 0. The quantitative estimate of drug-likeness (QED) is 0.820. The van der Waals surface area contributed by atoms with Gasteiger partial charge in [-0.3, -0.25) is 4.79 Å². The van der Waals surface area contributed by atoms with Crippen LogP contribution < -0.4 is 10.1 Å². The Morgan fingerprint density at radius 1 is 1.52 bits per heavy atom. The minimum absolute atomic E-state index is 0. The van der Waals surface area contributed by atoms with E-state index in [2.05, 4.69) is 17.2 Å². The summed E-state index contributed by atoms with van der Waals surface area (Å²) >= 11 is 0. The van der Waals surface area contributed by atoms with Gasteiger partial charge in [0.2, 0.25) is 5.88 Å². The van der Waals surface area contributed by atoms with Gasteiger partial charge in [0, 0.05) is 50.6 Å². The summed E-state index contributed by atoms with van der Waals surface area (Å²) in [6, 6.07) is 3.73. The van der Waals surface area contributed by atoms with Crippen LogP contribution in [0.25, 0.3) is 0 Å². The SMILES string of the molecule is COCCOc1cc(C(=O)N2CCN[C@H](C)C2)ccn1.Cl. The van der Waals surface area contributed by atoms with E-state index < -0.39 is 0 Å². The minimum Gasteiger partial charge on any atom is -0.475 e. The van der Waals surface area contributed by atoms with Gasteiger partial charge in [0.05, 0.1) is 6.61 Å². The molecule has 1 aliphatic heterocycles. The lowest BCUT2D eigenvalue weighted by molar-refractivity contribution is 0.0708. The molecule has 2 heterocycles. The summed E-state index contributed by atoms with van der Waals surface area (Å²) in [6.45, 7) is 5.27. The molecule has 6 nitrogen and oxygen atoms in total. The molecule has 0 saturated carbocycles. The first-order valence-electron chi connectivity index (χ1n) is 6.81. The van der Waals surface area contributed by atoms with Crippen molar-refractivity contribution < 1.29 is 14.3 Å². The van der Waals surface area contributed by atoms with Gasteiger partial charge in [-0.1, -0.05) is 0 Å². The van der Waals surface area contributed by atoms with Crippen LogP contribution in [0.5, 0.6) is 5.88 Å². The molecule has 1 N–H and O–H groups in total. The number of piperazine rings is 1. The Bertz CT molecular complexity index is 459. The van der Waals surface area contributed by atoms with E-state index >= 15 is 0 Å². The van der Waals surface area contributed by atoms with Crippen LogP contribution in [-0.2, 0) is 4.74 Å². The van der Waals surface area contributed by atoms with E-state index in [9.17, 15) is 4.79 Å². The van der Waals surface area contributed by atoms with E-state index in [1.54, 1.807) is 25.4 Å². The summed E-state index contributed by atoms with van der Waals surface area (Å²) in [5.74, 6) is 0.480. The molecule has 1 saturated heterocycles. The fourth-order valence-corrected chi connectivity index (χ4v) is 2.15. The highest BCUT2D eigenvalue weighted by Gasteiger charge is 2.21. The Morgan fingerprint density at radius 3 is 3.05 bits per heavy atom. The van der Waals surface area contributed by atoms with Crippen LogP contribution in [0.2, 0.25) is 0 Å². The molecule has 21 heavy (non-hydrogen) atoms. The number of pyridine rings is 1. The van der Waals surface area contributed by atoms with Crippen molar-refractivity contribution >= 4 is 18.3 Å². The number of halogens is 1. The average Bonchev–Trinajstić information content (AvgIpc) is 2.47. The van der Waals surface area contributed by atoms with Crippen LogP contribution in [0, 0.1) is 0 Å². The van der Waals surface area contributed by atoms with E-state index in [1.165, 1.54) is 0 Å². The lowest BCUT2D eigenvalue weighted by Gasteiger charge is -2.31. The van der Waals surface area contributed by atoms with Crippen molar-refractivity contribution in [2.24, 2.45) is 0 Å². The van der Waals surface area contributed by atoms with Crippen molar-refractivity contribution in [3.63, 3.8) is 0 Å². The second kappa shape index (κ2) is 8.81. The van der Waals surface area contributed by atoms with Gasteiger partial charge < -0.3 is 19.7 Å². The summed E-state index contributed by atoms with van der Waals surface area (Å²) in [5, 5.41) is 3.32. The Labute approximate surface area is 131 Å². The summed E-state index contributed by atoms with van der Waals surface area (Å²) in [7, 11) is 1.61. The first kappa shape index (κ1) is 17.7. The lowest BCUT2D eigenvalue weighted by Crippen LogP contribution is -2.51. The molecular formula is C14H22ClN3O3. The zero-order valence-electron chi connectivity index (χ0n) is 12.4. The Kier molecular flexibility index (Phi) is 7.42. The Morgan fingerprint density at radius 2 is 2.33 bits per heavy atom. The van der Waals surface area contributed by atoms with Crippen LogP contribution in [0.1, 0.15) is 17.3 Å². The van der Waals surface area contributed by atoms with Gasteiger partial charge in [-0.05, 0) is 13.0 Å². The Hall–Kier alpha value is -1.37. The molecular weight excluding hydrogens is 294 g/mol. The summed E-state index contributed by atoms with van der Waals surface area (Å²) in [4.78, 5) is 18.4. The standard InChI is InChI=1S/C14H21N3O3.ClH/c1-11-10-17(6-5-15-11)14(18)12-3-4-16-13(9-12)20-8-7-19-2;/h3-4,9,11,15H,5-8,10H2,1-2H3;1H/t11-;/m1./s1. The first-order valence-corrected chi connectivity index (χ1v) is 6.81. The molecule has 1 aromatic rings. The first-order chi connectivity index (χ1) is 9.70. The maximum Gasteiger partial charge on any atom is 0.254 e. The highest BCUT2D eigenvalue weighted by atomic mass is 35.5. The predicted molar refractivity (Wildman–Crippen MR) is 82.2 cm³/mol. The van der Waals surface area contributed by atoms with Crippen LogP contribution in [-0.4, -0.2) is 61.8 Å². The topological polar surface area (TPSA) is 63.7 Å². The molecule has 0 radical (unpaired) electrons. The largest absolute Gasteiger partial charge is 0.475 e. The van der Waals surface area contributed by atoms with Crippen molar-refractivity contribution in [3.05, 3.63) is 23.9 Å². The molecule has 0 unspecified atom stereocenters. The van der Waals surface area contributed by atoms with Gasteiger partial charge in [-0.25, -0.2) is 4.98 Å². The molecule has 1 amide bonds. The van der Waals surface area contributed by atoms with Crippen LogP contribution in [0.3, 0.4) is 0 Å². The molecule has 1 aliphatic rings. The monoisotopic (exact) mass is 315 g/mol. The summed E-state index contributed by atoms with van der Waals surface area (Å²) in [5.41, 5.74) is 0.613. The third-order valence-electron chi connectivity index (χ3n) is 3.18. The van der Waals surface area contributed by atoms with E-state index in [1.807, 2.05) is 4.90 Å². The zero-order chi connectivity index (χ0) is 14.4. The third-order valence-corrected chi connectivity index (χ3v) is 3.18. The van der Waals surface area contributed by atoms with Crippen molar-refractivity contribution in [1.29, 1.82) is 0 Å². The maximum atomic E-state index is 12.4. The predicted octanol–water partition coefficient (Wildman–Crippen LogP) is 0.962. The molecule has 1 atom stereocenters. The number of aromatic nitrogens is 1. The smallest absolute Gasteiger partial charge is 0.254 e. The molecule has 0 bridgehead atoms. The van der Waals surface area contributed by atoms with Crippen LogP contribution in [0.4, 0.5) is 0 Å². The number of nitrogens with zero attached hydrogens (tertiary/aromatic N) is 2. The molecule has 0 aliphatic carbocycles. The molecule has 118 valence electrons. The molecule has 1 fully saturated rings. The number of amides is 1. The average molecular weight is 316 g/mol. The second-order valence-corrected chi connectivity index (χ2v) is 4.83. The number of carbonyl (C=O) groups is 1. The van der Waals surface area contributed by atoms with Crippen LogP contribution in [0.15, 0.2) is 18.3 Å². The van der Waals surface area contributed by atoms with Gasteiger partial charge in [0.25, 0.3) is 5.91 Å². The number of nitrogens with one attached hydrogen (secondary N) is 1.